The maximum Gasteiger partial charge on any atom is 0.226 e. The van der Waals surface area contributed by atoms with Crippen molar-refractivity contribution >= 4 is 17.3 Å². The van der Waals surface area contributed by atoms with E-state index in [0.717, 1.165) is 24.3 Å². The molecule has 17 heavy (non-hydrogen) atoms. The Morgan fingerprint density at radius 2 is 2.06 bits per heavy atom. The lowest BCUT2D eigenvalue weighted by molar-refractivity contribution is -0.118. The first-order chi connectivity index (χ1) is 8.13. The molecule has 0 radical (unpaired) electrons. The van der Waals surface area contributed by atoms with Gasteiger partial charge in [-0.15, -0.1) is 0 Å². The number of anilines is 2. The summed E-state index contributed by atoms with van der Waals surface area (Å²) in [5.74, 6) is 0.0213. The van der Waals surface area contributed by atoms with E-state index in [1.807, 2.05) is 38.1 Å². The molecular weight excluding hydrogens is 214 g/mol. The first kappa shape index (κ1) is 13.5. The number of hydrogen-bond acceptors (Lipinski definition) is 3. The van der Waals surface area contributed by atoms with Gasteiger partial charge in [0, 0.05) is 23.8 Å². The Hall–Kier alpha value is -1.55. The largest absolute Gasteiger partial charge is 0.385 e. The molecule has 1 amide bonds. The quantitative estimate of drug-likeness (QED) is 0.661. The zero-order chi connectivity index (χ0) is 12.7. The van der Waals surface area contributed by atoms with Gasteiger partial charge in [-0.25, -0.2) is 0 Å². The molecule has 4 N–H and O–H groups in total. The van der Waals surface area contributed by atoms with Gasteiger partial charge in [0.25, 0.3) is 0 Å². The number of carbonyl (C=O) groups excluding carboxylic acids is 1. The number of nitrogens with two attached hydrogens (primary N) is 1. The summed E-state index contributed by atoms with van der Waals surface area (Å²) in [5.41, 5.74) is 7.25. The van der Waals surface area contributed by atoms with Crippen LogP contribution in [0.15, 0.2) is 24.3 Å². The molecule has 0 aromatic heterocycles. The third-order valence-electron chi connectivity index (χ3n) is 2.36. The van der Waals surface area contributed by atoms with E-state index in [9.17, 15) is 4.79 Å². The van der Waals surface area contributed by atoms with Crippen molar-refractivity contribution in [2.45, 2.75) is 20.3 Å². The molecule has 0 atom stereocenters. The van der Waals surface area contributed by atoms with Crippen LogP contribution in [-0.2, 0) is 4.79 Å². The molecule has 0 aliphatic heterocycles. The molecule has 4 nitrogen and oxygen atoms in total. The van der Waals surface area contributed by atoms with Gasteiger partial charge in [0.15, 0.2) is 0 Å². The molecule has 0 aliphatic carbocycles. The van der Waals surface area contributed by atoms with Crippen molar-refractivity contribution in [2.24, 2.45) is 11.7 Å². The Bertz CT molecular complexity index is 363. The first-order valence-corrected chi connectivity index (χ1v) is 5.98. The third-order valence-corrected chi connectivity index (χ3v) is 2.36. The highest BCUT2D eigenvalue weighted by Gasteiger charge is 2.06. The minimum absolute atomic E-state index is 0.0103. The Kier molecular flexibility index (Phi) is 5.49. The standard InChI is InChI=1S/C13H21N3O/c1-10(2)13(17)16-12-6-3-5-11(9-12)15-8-4-7-14/h3,5-6,9-10,15H,4,7-8,14H2,1-2H3,(H,16,17). The Balaban J connectivity index is 2.56. The number of hydrogen-bond donors (Lipinski definition) is 3. The van der Waals surface area contributed by atoms with E-state index < -0.39 is 0 Å². The summed E-state index contributed by atoms with van der Waals surface area (Å²) in [6, 6.07) is 7.70. The topological polar surface area (TPSA) is 67.2 Å². The van der Waals surface area contributed by atoms with Crippen LogP contribution in [0.4, 0.5) is 11.4 Å². The molecular formula is C13H21N3O. The number of benzene rings is 1. The Morgan fingerprint density at radius 3 is 2.71 bits per heavy atom. The molecule has 0 fully saturated rings. The lowest BCUT2D eigenvalue weighted by atomic mass is 10.2. The number of rotatable bonds is 6. The summed E-state index contributed by atoms with van der Waals surface area (Å²) in [4.78, 5) is 11.5. The molecule has 94 valence electrons. The Morgan fingerprint density at radius 1 is 1.35 bits per heavy atom. The van der Waals surface area contributed by atoms with Gasteiger partial charge in [0.05, 0.1) is 0 Å². The van der Waals surface area contributed by atoms with Gasteiger partial charge in [0.2, 0.25) is 5.91 Å². The van der Waals surface area contributed by atoms with Crippen molar-refractivity contribution in [1.82, 2.24) is 0 Å². The predicted molar refractivity (Wildman–Crippen MR) is 72.1 cm³/mol. The highest BCUT2D eigenvalue weighted by Crippen LogP contribution is 2.15. The molecule has 1 aromatic rings. The summed E-state index contributed by atoms with van der Waals surface area (Å²) in [5, 5.41) is 6.13. The van der Waals surface area contributed by atoms with Crippen molar-refractivity contribution in [2.75, 3.05) is 23.7 Å². The summed E-state index contributed by atoms with van der Waals surface area (Å²) < 4.78 is 0. The second-order valence-corrected chi connectivity index (χ2v) is 4.29. The lowest BCUT2D eigenvalue weighted by Gasteiger charge is -2.10. The van der Waals surface area contributed by atoms with Crippen molar-refractivity contribution in [1.29, 1.82) is 0 Å². The van der Waals surface area contributed by atoms with Crippen LogP contribution in [0.2, 0.25) is 0 Å². The number of nitrogens with one attached hydrogen (secondary N) is 2. The van der Waals surface area contributed by atoms with Crippen molar-refractivity contribution in [3.05, 3.63) is 24.3 Å². The molecule has 4 heteroatoms. The summed E-state index contributed by atoms with van der Waals surface area (Å²) in [6.07, 6.45) is 0.933. The van der Waals surface area contributed by atoms with Gasteiger partial charge < -0.3 is 16.4 Å². The summed E-state index contributed by atoms with van der Waals surface area (Å²) >= 11 is 0. The molecule has 1 rings (SSSR count). The molecule has 0 bridgehead atoms. The molecule has 1 aromatic carbocycles. The van der Waals surface area contributed by atoms with E-state index in [0.29, 0.717) is 6.54 Å². The van der Waals surface area contributed by atoms with Crippen molar-refractivity contribution < 1.29 is 4.79 Å². The van der Waals surface area contributed by atoms with E-state index in [2.05, 4.69) is 10.6 Å². The van der Waals surface area contributed by atoms with Gasteiger partial charge >= 0.3 is 0 Å². The van der Waals surface area contributed by atoms with E-state index in [1.54, 1.807) is 0 Å². The van der Waals surface area contributed by atoms with E-state index in [-0.39, 0.29) is 11.8 Å². The fraction of sp³-hybridized carbons (Fsp3) is 0.462. The molecule has 0 saturated carbocycles. The van der Waals surface area contributed by atoms with Gasteiger partial charge in [-0.3, -0.25) is 4.79 Å². The van der Waals surface area contributed by atoms with Crippen LogP contribution < -0.4 is 16.4 Å². The van der Waals surface area contributed by atoms with Crippen LogP contribution in [-0.4, -0.2) is 19.0 Å². The zero-order valence-corrected chi connectivity index (χ0v) is 10.5. The van der Waals surface area contributed by atoms with Gasteiger partial charge in [0.1, 0.15) is 0 Å². The second kappa shape index (κ2) is 6.91. The fourth-order valence-electron chi connectivity index (χ4n) is 1.33. The van der Waals surface area contributed by atoms with E-state index in [4.69, 9.17) is 5.73 Å². The second-order valence-electron chi connectivity index (χ2n) is 4.29. The number of amides is 1. The van der Waals surface area contributed by atoms with Gasteiger partial charge in [-0.2, -0.15) is 0 Å². The van der Waals surface area contributed by atoms with Crippen LogP contribution in [0.1, 0.15) is 20.3 Å². The molecule has 0 spiro atoms. The first-order valence-electron chi connectivity index (χ1n) is 5.98. The van der Waals surface area contributed by atoms with Gasteiger partial charge in [-0.05, 0) is 31.2 Å². The fourth-order valence-corrected chi connectivity index (χ4v) is 1.33. The average Bonchev–Trinajstić information content (AvgIpc) is 2.30. The number of carbonyl (C=O) groups is 1. The molecule has 0 aliphatic rings. The molecule has 0 unspecified atom stereocenters. The van der Waals surface area contributed by atoms with Crippen LogP contribution in [0.3, 0.4) is 0 Å². The smallest absolute Gasteiger partial charge is 0.226 e. The third kappa shape index (κ3) is 4.87. The van der Waals surface area contributed by atoms with Gasteiger partial charge in [-0.1, -0.05) is 19.9 Å². The summed E-state index contributed by atoms with van der Waals surface area (Å²) in [6.45, 7) is 5.27. The Labute approximate surface area is 103 Å². The zero-order valence-electron chi connectivity index (χ0n) is 10.5. The minimum atomic E-state index is -0.0103. The average molecular weight is 235 g/mol. The normalized spacial score (nSPS) is 10.4. The van der Waals surface area contributed by atoms with Crippen molar-refractivity contribution in [3.63, 3.8) is 0 Å². The van der Waals surface area contributed by atoms with Crippen LogP contribution in [0.25, 0.3) is 0 Å². The van der Waals surface area contributed by atoms with E-state index >= 15 is 0 Å². The molecule has 0 saturated heterocycles. The predicted octanol–water partition coefficient (Wildman–Crippen LogP) is 2.04. The van der Waals surface area contributed by atoms with E-state index in [1.165, 1.54) is 0 Å². The van der Waals surface area contributed by atoms with Crippen molar-refractivity contribution in [3.8, 4) is 0 Å². The highest BCUT2D eigenvalue weighted by atomic mass is 16.1. The maximum atomic E-state index is 11.5. The minimum Gasteiger partial charge on any atom is -0.385 e. The van der Waals surface area contributed by atoms with Crippen LogP contribution >= 0.6 is 0 Å². The van der Waals surface area contributed by atoms with Crippen LogP contribution in [0, 0.1) is 5.92 Å². The lowest BCUT2D eigenvalue weighted by Crippen LogP contribution is -2.17. The monoisotopic (exact) mass is 235 g/mol. The highest BCUT2D eigenvalue weighted by molar-refractivity contribution is 5.92. The SMILES string of the molecule is CC(C)C(=O)Nc1cccc(NCCCN)c1. The van der Waals surface area contributed by atoms with Crippen LogP contribution in [0.5, 0.6) is 0 Å². The maximum absolute atomic E-state index is 11.5. The molecule has 0 heterocycles. The summed E-state index contributed by atoms with van der Waals surface area (Å²) in [7, 11) is 0.